The highest BCUT2D eigenvalue weighted by Crippen LogP contribution is 2.57. The van der Waals surface area contributed by atoms with Crippen LogP contribution >= 0.6 is 0 Å². The second-order valence-electron chi connectivity index (χ2n) is 6.53. The van der Waals surface area contributed by atoms with Crippen LogP contribution in [0.4, 0.5) is 0 Å². The van der Waals surface area contributed by atoms with Gasteiger partial charge in [-0.25, -0.2) is 9.50 Å². The summed E-state index contributed by atoms with van der Waals surface area (Å²) in [5.74, 6) is 0.413. The van der Waals surface area contributed by atoms with E-state index in [1.165, 1.54) is 6.42 Å². The molecule has 0 unspecified atom stereocenters. The largest absolute Gasteiger partial charge is 0.378 e. The summed E-state index contributed by atoms with van der Waals surface area (Å²) >= 11 is 0. The molecule has 1 N–H and O–H groups in total. The Morgan fingerprint density at radius 1 is 1.52 bits per heavy atom. The summed E-state index contributed by atoms with van der Waals surface area (Å²) in [4.78, 5) is 20.9. The second kappa shape index (κ2) is 5.26. The molecule has 0 saturated heterocycles. The topological polar surface area (TPSA) is 81.4 Å². The second-order valence-corrected chi connectivity index (χ2v) is 6.53. The Bertz CT molecular complexity index is 752. The first kappa shape index (κ1) is 14.6. The fourth-order valence-electron chi connectivity index (χ4n) is 3.87. The number of aromatic nitrogens is 4. The Labute approximate surface area is 134 Å². The van der Waals surface area contributed by atoms with Crippen LogP contribution in [-0.2, 0) is 4.74 Å². The van der Waals surface area contributed by atoms with Crippen molar-refractivity contribution in [3.63, 3.8) is 0 Å². The SMILES string of the molecule is CCO[C@@H]1C[C@H](NC(=O)c2nc3nccc(C)n3n2)C12CCC2. The standard InChI is InChI=1S/C16H21N5O2/c1-3-23-12-9-11(16(12)6-4-7-16)18-14(22)13-19-15-17-8-5-10(2)21(15)20-13/h5,8,11-12H,3-4,6-7,9H2,1-2H3,(H,18,22)/t11-,12+/m0/s1. The molecular weight excluding hydrogens is 294 g/mol. The highest BCUT2D eigenvalue weighted by Gasteiger charge is 2.59. The van der Waals surface area contributed by atoms with Crippen LogP contribution in [0.5, 0.6) is 0 Å². The van der Waals surface area contributed by atoms with Crippen molar-refractivity contribution < 1.29 is 9.53 Å². The van der Waals surface area contributed by atoms with Crippen molar-refractivity contribution in [3.8, 4) is 0 Å². The minimum Gasteiger partial charge on any atom is -0.378 e. The molecule has 2 heterocycles. The number of nitrogens with zero attached hydrogens (tertiary/aromatic N) is 4. The summed E-state index contributed by atoms with van der Waals surface area (Å²) in [5, 5.41) is 7.38. The molecule has 2 fully saturated rings. The summed E-state index contributed by atoms with van der Waals surface area (Å²) < 4.78 is 7.42. The summed E-state index contributed by atoms with van der Waals surface area (Å²) in [7, 11) is 0. The number of carbonyl (C=O) groups excluding carboxylic acids is 1. The number of rotatable bonds is 4. The van der Waals surface area contributed by atoms with Gasteiger partial charge in [0.25, 0.3) is 11.7 Å². The van der Waals surface area contributed by atoms with Crippen molar-refractivity contribution in [1.82, 2.24) is 24.9 Å². The number of nitrogens with one attached hydrogen (secondary N) is 1. The molecular formula is C16H21N5O2. The number of amides is 1. The molecule has 2 atom stereocenters. The van der Waals surface area contributed by atoms with Crippen LogP contribution in [0.2, 0.25) is 0 Å². The van der Waals surface area contributed by atoms with Crippen LogP contribution in [0.1, 0.15) is 48.9 Å². The van der Waals surface area contributed by atoms with Gasteiger partial charge < -0.3 is 10.1 Å². The lowest BCUT2D eigenvalue weighted by Gasteiger charge is -2.60. The average Bonchev–Trinajstić information content (AvgIpc) is 2.90. The van der Waals surface area contributed by atoms with Gasteiger partial charge in [-0.3, -0.25) is 4.79 Å². The minimum absolute atomic E-state index is 0.138. The van der Waals surface area contributed by atoms with E-state index in [0.717, 1.165) is 31.6 Å². The van der Waals surface area contributed by atoms with Gasteiger partial charge in [0.05, 0.1) is 6.10 Å². The molecule has 0 bridgehead atoms. The number of hydrogen-bond acceptors (Lipinski definition) is 5. The van der Waals surface area contributed by atoms with E-state index in [0.29, 0.717) is 5.78 Å². The average molecular weight is 315 g/mol. The van der Waals surface area contributed by atoms with Crippen LogP contribution in [0.25, 0.3) is 5.78 Å². The molecule has 0 aliphatic heterocycles. The number of carbonyl (C=O) groups is 1. The van der Waals surface area contributed by atoms with Crippen molar-refractivity contribution in [2.24, 2.45) is 5.41 Å². The molecule has 2 aliphatic rings. The van der Waals surface area contributed by atoms with E-state index in [1.54, 1.807) is 10.7 Å². The van der Waals surface area contributed by atoms with Crippen LogP contribution in [-0.4, -0.2) is 44.2 Å². The quantitative estimate of drug-likeness (QED) is 0.925. The molecule has 23 heavy (non-hydrogen) atoms. The maximum absolute atomic E-state index is 12.5. The Balaban J connectivity index is 1.50. The molecule has 2 aromatic heterocycles. The van der Waals surface area contributed by atoms with Gasteiger partial charge in [0.1, 0.15) is 0 Å². The molecule has 1 amide bonds. The number of aryl methyl sites for hydroxylation is 1. The highest BCUT2D eigenvalue weighted by molar-refractivity contribution is 5.91. The van der Waals surface area contributed by atoms with Crippen molar-refractivity contribution >= 4 is 11.7 Å². The van der Waals surface area contributed by atoms with E-state index < -0.39 is 0 Å². The molecule has 0 aromatic carbocycles. The van der Waals surface area contributed by atoms with Gasteiger partial charge in [0.15, 0.2) is 0 Å². The van der Waals surface area contributed by atoms with E-state index in [4.69, 9.17) is 4.74 Å². The molecule has 2 saturated carbocycles. The van der Waals surface area contributed by atoms with Crippen LogP contribution in [0, 0.1) is 12.3 Å². The van der Waals surface area contributed by atoms with Gasteiger partial charge in [-0.05, 0) is 39.2 Å². The minimum atomic E-state index is -0.221. The van der Waals surface area contributed by atoms with Crippen molar-refractivity contribution in [2.75, 3.05) is 6.61 Å². The van der Waals surface area contributed by atoms with Gasteiger partial charge in [-0.1, -0.05) is 6.42 Å². The molecule has 4 rings (SSSR count). The third-order valence-corrected chi connectivity index (χ3v) is 5.38. The third-order valence-electron chi connectivity index (χ3n) is 5.38. The van der Waals surface area contributed by atoms with Gasteiger partial charge in [-0.2, -0.15) is 4.98 Å². The van der Waals surface area contributed by atoms with E-state index in [9.17, 15) is 4.79 Å². The first-order valence-electron chi connectivity index (χ1n) is 8.25. The Kier molecular flexibility index (Phi) is 3.33. The summed E-state index contributed by atoms with van der Waals surface area (Å²) in [5.41, 5.74) is 1.04. The molecule has 0 radical (unpaired) electrons. The number of fused-ring (bicyclic) bond motifs is 1. The molecule has 2 aliphatic carbocycles. The molecule has 122 valence electrons. The van der Waals surface area contributed by atoms with Gasteiger partial charge in [-0.15, -0.1) is 5.10 Å². The smallest absolute Gasteiger partial charge is 0.291 e. The Morgan fingerprint density at radius 3 is 3.00 bits per heavy atom. The lowest BCUT2D eigenvalue weighted by atomic mass is 9.51. The normalized spacial score (nSPS) is 25.1. The fraction of sp³-hybridized carbons (Fsp3) is 0.625. The first-order valence-corrected chi connectivity index (χ1v) is 8.25. The van der Waals surface area contributed by atoms with Crippen LogP contribution in [0.3, 0.4) is 0 Å². The first-order chi connectivity index (χ1) is 11.1. The predicted molar refractivity (Wildman–Crippen MR) is 83.1 cm³/mol. The monoisotopic (exact) mass is 315 g/mol. The summed E-state index contributed by atoms with van der Waals surface area (Å²) in [6, 6.07) is 2.01. The summed E-state index contributed by atoms with van der Waals surface area (Å²) in [6.45, 7) is 4.66. The highest BCUT2D eigenvalue weighted by atomic mass is 16.5. The molecule has 7 heteroatoms. The fourth-order valence-corrected chi connectivity index (χ4v) is 3.87. The molecule has 2 aromatic rings. The van der Waals surface area contributed by atoms with Crippen LogP contribution < -0.4 is 5.32 Å². The predicted octanol–water partition coefficient (Wildman–Crippen LogP) is 1.51. The third kappa shape index (κ3) is 2.14. The lowest BCUT2D eigenvalue weighted by Crippen LogP contribution is -2.67. The Morgan fingerprint density at radius 2 is 2.35 bits per heavy atom. The van der Waals surface area contributed by atoms with Crippen molar-refractivity contribution in [3.05, 3.63) is 23.8 Å². The molecule has 7 nitrogen and oxygen atoms in total. The van der Waals surface area contributed by atoms with E-state index >= 15 is 0 Å². The van der Waals surface area contributed by atoms with Gasteiger partial charge in [0.2, 0.25) is 5.82 Å². The van der Waals surface area contributed by atoms with Crippen LogP contribution in [0.15, 0.2) is 12.3 Å². The zero-order valence-corrected chi connectivity index (χ0v) is 13.5. The van der Waals surface area contributed by atoms with Crippen molar-refractivity contribution in [2.45, 2.75) is 51.7 Å². The van der Waals surface area contributed by atoms with E-state index in [-0.39, 0.29) is 29.3 Å². The maximum atomic E-state index is 12.5. The molecule has 1 spiro atoms. The van der Waals surface area contributed by atoms with Crippen molar-refractivity contribution in [1.29, 1.82) is 0 Å². The number of hydrogen-bond donors (Lipinski definition) is 1. The van der Waals surface area contributed by atoms with Gasteiger partial charge >= 0.3 is 0 Å². The number of ether oxygens (including phenoxy) is 1. The van der Waals surface area contributed by atoms with Gasteiger partial charge in [0, 0.05) is 30.0 Å². The summed E-state index contributed by atoms with van der Waals surface area (Å²) in [6.07, 6.45) is 6.30. The lowest BCUT2D eigenvalue weighted by molar-refractivity contribution is -0.169. The Hall–Kier alpha value is -2.02. The van der Waals surface area contributed by atoms with E-state index in [1.807, 2.05) is 19.9 Å². The zero-order chi connectivity index (χ0) is 16.0. The zero-order valence-electron chi connectivity index (χ0n) is 13.5. The van der Waals surface area contributed by atoms with E-state index in [2.05, 4.69) is 20.4 Å². The maximum Gasteiger partial charge on any atom is 0.291 e.